The summed E-state index contributed by atoms with van der Waals surface area (Å²) in [7, 11) is 1.72. The Bertz CT molecular complexity index is 896. The van der Waals surface area contributed by atoms with E-state index in [1.807, 2.05) is 26.0 Å². The molecule has 1 saturated heterocycles. The Kier molecular flexibility index (Phi) is 13.6. The number of Topliss-reactive ketones (excluding diaryl/α,β-unsaturated/α-hetero) is 1. The zero-order valence-electron chi connectivity index (χ0n) is 20.3. The van der Waals surface area contributed by atoms with Gasteiger partial charge in [-0.15, -0.1) is 0 Å². The second-order valence-electron chi connectivity index (χ2n) is 7.98. The van der Waals surface area contributed by atoms with Gasteiger partial charge in [-0.25, -0.2) is 9.97 Å². The summed E-state index contributed by atoms with van der Waals surface area (Å²) >= 11 is 7.26. The lowest BCUT2D eigenvalue weighted by atomic mass is 10.1. The smallest absolute Gasteiger partial charge is 0.223 e. The quantitative estimate of drug-likeness (QED) is 0.213. The molecule has 0 spiro atoms. The predicted molar refractivity (Wildman–Crippen MR) is 167 cm³/mol. The van der Waals surface area contributed by atoms with E-state index >= 15 is 0 Å². The van der Waals surface area contributed by atoms with Gasteiger partial charge in [0, 0.05) is 52.0 Å². The molecule has 1 N–H and O–H groups in total. The Morgan fingerprint density at radius 1 is 1.09 bits per heavy atom. The molecule has 0 amide bonds. The van der Waals surface area contributed by atoms with Gasteiger partial charge in [-0.2, -0.15) is 0 Å². The third-order valence-electron chi connectivity index (χ3n) is 5.47. The molecule has 1 aliphatic heterocycles. The Balaban J connectivity index is 0.000000604. The van der Waals surface area contributed by atoms with E-state index < -0.39 is 0 Å². The molecule has 10 heteroatoms. The van der Waals surface area contributed by atoms with E-state index in [0.29, 0.717) is 11.5 Å². The minimum atomic E-state index is 0.00877. The number of aromatic nitrogens is 2. The predicted octanol–water partition coefficient (Wildman–Crippen LogP) is 5.20. The molecule has 0 unspecified atom stereocenters. The summed E-state index contributed by atoms with van der Waals surface area (Å²) in [5, 5.41) is 3.29. The van der Waals surface area contributed by atoms with Gasteiger partial charge in [-0.1, -0.05) is 79.9 Å². The van der Waals surface area contributed by atoms with Crippen LogP contribution < -0.4 is 15.0 Å². The second-order valence-corrected chi connectivity index (χ2v) is 11.5. The Morgan fingerprint density at radius 2 is 1.68 bits per heavy atom. The zero-order chi connectivity index (χ0) is 25.1. The molecule has 1 aliphatic rings. The number of rotatable bonds is 9. The molecule has 1 fully saturated rings. The Labute approximate surface area is 244 Å². The third-order valence-corrected chi connectivity index (χ3v) is 11.8. The molecule has 0 bridgehead atoms. The average molecular weight is 805 g/mol. The van der Waals surface area contributed by atoms with Crippen LogP contribution in [0.3, 0.4) is 0 Å². The molecular formula is C24H34I3N5O2. The number of anilines is 2. The zero-order valence-corrected chi connectivity index (χ0v) is 26.8. The first-order valence-corrected chi connectivity index (χ1v) is 15.6. The maximum absolute atomic E-state index is 11.7. The van der Waals surface area contributed by atoms with Crippen molar-refractivity contribution in [1.29, 1.82) is 0 Å². The lowest BCUT2D eigenvalue weighted by Gasteiger charge is -2.36. The number of halogens is 3. The number of methoxy groups -OCH3 is 1. The minimum absolute atomic E-state index is 0.00877. The number of piperazine rings is 1. The van der Waals surface area contributed by atoms with Crippen LogP contribution in [0.1, 0.15) is 28.7 Å². The average Bonchev–Trinajstić information content (AvgIpc) is 2.83. The van der Waals surface area contributed by atoms with E-state index in [0.717, 1.165) is 66.0 Å². The van der Waals surface area contributed by atoms with Gasteiger partial charge in [0.15, 0.2) is 5.78 Å². The van der Waals surface area contributed by atoms with Gasteiger partial charge in [-0.3, -0.25) is 9.69 Å². The second kappa shape index (κ2) is 15.6. The highest BCUT2D eigenvalue weighted by Gasteiger charge is 2.19. The van der Waals surface area contributed by atoms with Gasteiger partial charge >= 0.3 is 0 Å². The number of carbonyl (C=O) groups excluding carboxylic acids is 1. The van der Waals surface area contributed by atoms with Crippen molar-refractivity contribution in [3.8, 4) is 5.75 Å². The summed E-state index contributed by atoms with van der Waals surface area (Å²) in [6.45, 7) is 10.9. The molecule has 1 aromatic carbocycles. The van der Waals surface area contributed by atoms with Gasteiger partial charge < -0.3 is 15.0 Å². The number of ketones is 1. The van der Waals surface area contributed by atoms with E-state index in [9.17, 15) is 4.79 Å². The van der Waals surface area contributed by atoms with Crippen LogP contribution in [0.15, 0.2) is 24.3 Å². The molecular weight excluding hydrogens is 771 g/mol. The van der Waals surface area contributed by atoms with Gasteiger partial charge in [-0.05, 0) is 32.9 Å². The topological polar surface area (TPSA) is 70.6 Å². The molecule has 0 saturated carbocycles. The molecule has 2 aromatic rings. The molecule has 0 aliphatic carbocycles. The molecule has 188 valence electrons. The van der Waals surface area contributed by atoms with Crippen molar-refractivity contribution in [1.82, 2.24) is 14.9 Å². The number of benzene rings is 1. The van der Waals surface area contributed by atoms with E-state index in [1.54, 1.807) is 14.0 Å². The van der Waals surface area contributed by atoms with Crippen LogP contribution in [0.2, 0.25) is 0 Å². The first kappa shape index (κ1) is 29.7. The van der Waals surface area contributed by atoms with Crippen molar-refractivity contribution in [2.75, 3.05) is 65.5 Å². The van der Waals surface area contributed by atoms with Crippen LogP contribution in [-0.4, -0.2) is 79.8 Å². The van der Waals surface area contributed by atoms with E-state index in [2.05, 4.69) is 105 Å². The highest BCUT2D eigenvalue weighted by Crippen LogP contribution is 2.28. The van der Waals surface area contributed by atoms with Crippen LogP contribution in [0.4, 0.5) is 11.6 Å². The normalized spacial score (nSPS) is 13.9. The number of nitrogens with zero attached hydrogens (tertiary/aromatic N) is 4. The van der Waals surface area contributed by atoms with Gasteiger partial charge in [0.25, 0.3) is 0 Å². The minimum Gasteiger partial charge on any atom is -0.495 e. The van der Waals surface area contributed by atoms with E-state index in [1.165, 1.54) is 8.86 Å². The lowest BCUT2D eigenvalue weighted by Crippen LogP contribution is -2.47. The summed E-state index contributed by atoms with van der Waals surface area (Å²) in [6, 6.07) is 8.17. The fourth-order valence-electron chi connectivity index (χ4n) is 3.78. The van der Waals surface area contributed by atoms with Crippen LogP contribution in [0, 0.1) is 13.8 Å². The van der Waals surface area contributed by atoms with Crippen LogP contribution in [0.5, 0.6) is 5.75 Å². The van der Waals surface area contributed by atoms with Crippen molar-refractivity contribution >= 4 is 85.2 Å². The van der Waals surface area contributed by atoms with Gasteiger partial charge in [0.1, 0.15) is 5.75 Å². The molecule has 0 radical (unpaired) electrons. The van der Waals surface area contributed by atoms with E-state index in [-0.39, 0.29) is 5.78 Å². The van der Waals surface area contributed by atoms with Crippen molar-refractivity contribution in [3.05, 3.63) is 41.2 Å². The molecule has 0 atom stereocenters. The molecule has 2 heterocycles. The molecule has 7 nitrogen and oxygen atoms in total. The summed E-state index contributed by atoms with van der Waals surface area (Å²) in [4.78, 5) is 25.3. The molecule has 3 rings (SSSR count). The summed E-state index contributed by atoms with van der Waals surface area (Å²) < 4.78 is 8.92. The first-order chi connectivity index (χ1) is 16.3. The van der Waals surface area contributed by atoms with Crippen LogP contribution in [0.25, 0.3) is 0 Å². The SMILES string of the molecule is COc1ccccc1N1CCN(CCNc2nc(C)c(C(C)=O)c(C)n2)CC1.ICC(I)CI. The molecule has 34 heavy (non-hydrogen) atoms. The number of ether oxygens (including phenoxy) is 1. The van der Waals surface area contributed by atoms with Gasteiger partial charge in [0.2, 0.25) is 5.95 Å². The van der Waals surface area contributed by atoms with Crippen molar-refractivity contribution in [2.45, 2.75) is 24.7 Å². The highest BCUT2D eigenvalue weighted by molar-refractivity contribution is 14.1. The summed E-state index contributed by atoms with van der Waals surface area (Å²) in [5.74, 6) is 1.52. The van der Waals surface area contributed by atoms with Crippen molar-refractivity contribution in [2.24, 2.45) is 0 Å². The fraction of sp³-hybridized carbons (Fsp3) is 0.542. The largest absolute Gasteiger partial charge is 0.495 e. The maximum Gasteiger partial charge on any atom is 0.223 e. The summed E-state index contributed by atoms with van der Waals surface area (Å²) in [5.41, 5.74) is 3.24. The maximum atomic E-state index is 11.7. The van der Waals surface area contributed by atoms with E-state index in [4.69, 9.17) is 4.74 Å². The number of para-hydroxylation sites is 2. The van der Waals surface area contributed by atoms with Crippen molar-refractivity contribution < 1.29 is 9.53 Å². The fourth-order valence-corrected chi connectivity index (χ4v) is 5.59. The number of alkyl halides is 3. The number of hydrogen-bond acceptors (Lipinski definition) is 7. The number of hydrogen-bond donors (Lipinski definition) is 1. The number of aryl methyl sites for hydroxylation is 2. The number of carbonyl (C=O) groups is 1. The number of nitrogens with one attached hydrogen (secondary N) is 1. The van der Waals surface area contributed by atoms with Gasteiger partial charge in [0.05, 0.1) is 29.7 Å². The molecule has 1 aromatic heterocycles. The first-order valence-electron chi connectivity index (χ1n) is 11.3. The van der Waals surface area contributed by atoms with Crippen molar-refractivity contribution in [3.63, 3.8) is 0 Å². The van der Waals surface area contributed by atoms with Crippen LogP contribution >= 0.6 is 67.8 Å². The third kappa shape index (κ3) is 9.19. The Morgan fingerprint density at radius 3 is 2.18 bits per heavy atom. The Hall–Kier alpha value is -0.480. The standard InChI is InChI=1S/C21H29N5O2.C3H5I3/c1-15-20(17(3)27)16(2)24-21(23-15)22-9-10-25-11-13-26(14-12-25)18-7-5-6-8-19(18)28-4;4-1-3(6)2-5/h5-8H,9-14H2,1-4H3,(H,22,23,24);3H,1-2H2. The highest BCUT2D eigenvalue weighted by atomic mass is 127. The monoisotopic (exact) mass is 805 g/mol. The van der Waals surface area contributed by atoms with Crippen LogP contribution in [-0.2, 0) is 0 Å². The summed E-state index contributed by atoms with van der Waals surface area (Å²) in [6.07, 6.45) is 0. The lowest BCUT2D eigenvalue weighted by molar-refractivity contribution is 0.101.